The predicted octanol–water partition coefficient (Wildman–Crippen LogP) is 9.64. The summed E-state index contributed by atoms with van der Waals surface area (Å²) in [4.78, 5) is 0. The highest BCUT2D eigenvalue weighted by atomic mass is 16.5. The SMILES string of the molecule is COc1cc2c3c4c(c5c(c3c1)OC(c1ccccc1)(c1ccccc1)C=C5)[C@@H]1CCCC1c1cc(C)cc(c1-4)CC2. The van der Waals surface area contributed by atoms with E-state index in [-0.39, 0.29) is 0 Å². The monoisotopic (exact) mass is 546 g/mol. The minimum atomic E-state index is -0.718. The molecule has 0 aromatic heterocycles. The fourth-order valence-electron chi connectivity index (χ4n) is 8.80. The van der Waals surface area contributed by atoms with Crippen molar-refractivity contribution in [2.24, 2.45) is 0 Å². The summed E-state index contributed by atoms with van der Waals surface area (Å²) in [6, 6.07) is 30.9. The van der Waals surface area contributed by atoms with Crippen LogP contribution < -0.4 is 9.47 Å². The molecule has 206 valence electrons. The molecule has 1 unspecified atom stereocenters. The minimum absolute atomic E-state index is 0.516. The van der Waals surface area contributed by atoms with E-state index in [9.17, 15) is 0 Å². The molecule has 0 N–H and O–H groups in total. The van der Waals surface area contributed by atoms with Crippen LogP contribution in [0.1, 0.15) is 75.6 Å². The fourth-order valence-corrected chi connectivity index (χ4v) is 8.80. The Morgan fingerprint density at radius 3 is 2.24 bits per heavy atom. The van der Waals surface area contributed by atoms with E-state index in [1.165, 1.54) is 69.0 Å². The Bertz CT molecular complexity index is 1890. The second kappa shape index (κ2) is 8.85. The lowest BCUT2D eigenvalue weighted by atomic mass is 9.68. The number of fused-ring (bicyclic) bond motifs is 6. The first-order valence-electron chi connectivity index (χ1n) is 15.5. The molecule has 5 aromatic rings. The van der Waals surface area contributed by atoms with Gasteiger partial charge < -0.3 is 9.47 Å². The van der Waals surface area contributed by atoms with Gasteiger partial charge in [0.15, 0.2) is 5.60 Å². The van der Waals surface area contributed by atoms with Gasteiger partial charge in [0.2, 0.25) is 0 Å². The first-order chi connectivity index (χ1) is 20.7. The van der Waals surface area contributed by atoms with Crippen molar-refractivity contribution >= 4 is 16.8 Å². The third-order valence-electron chi connectivity index (χ3n) is 10.5. The molecule has 0 amide bonds. The van der Waals surface area contributed by atoms with Crippen LogP contribution >= 0.6 is 0 Å². The summed E-state index contributed by atoms with van der Waals surface area (Å²) >= 11 is 0. The van der Waals surface area contributed by atoms with Gasteiger partial charge in [-0.25, -0.2) is 0 Å². The van der Waals surface area contributed by atoms with E-state index >= 15 is 0 Å². The van der Waals surface area contributed by atoms with Crippen molar-refractivity contribution in [3.05, 3.63) is 136 Å². The van der Waals surface area contributed by atoms with Crippen LogP contribution in [0.4, 0.5) is 0 Å². The van der Waals surface area contributed by atoms with Crippen molar-refractivity contribution in [1.29, 1.82) is 0 Å². The highest BCUT2D eigenvalue weighted by Gasteiger charge is 2.45. The smallest absolute Gasteiger partial charge is 0.178 e. The Labute approximate surface area is 247 Å². The Hall–Kier alpha value is -4.30. The van der Waals surface area contributed by atoms with E-state index in [0.717, 1.165) is 35.5 Å². The van der Waals surface area contributed by atoms with Gasteiger partial charge in [0.1, 0.15) is 11.5 Å². The van der Waals surface area contributed by atoms with Crippen LogP contribution in [-0.4, -0.2) is 7.11 Å². The third kappa shape index (κ3) is 3.21. The molecular formula is C40H34O2. The zero-order chi connectivity index (χ0) is 28.0. The van der Waals surface area contributed by atoms with E-state index in [4.69, 9.17) is 9.47 Å². The van der Waals surface area contributed by atoms with E-state index < -0.39 is 5.60 Å². The third-order valence-corrected chi connectivity index (χ3v) is 10.5. The number of benzene rings is 5. The van der Waals surface area contributed by atoms with Crippen molar-refractivity contribution in [1.82, 2.24) is 0 Å². The topological polar surface area (TPSA) is 18.5 Å². The van der Waals surface area contributed by atoms with Crippen LogP contribution in [0.5, 0.6) is 11.5 Å². The molecule has 0 saturated heterocycles. The normalized spacial score (nSPS) is 20.4. The molecule has 3 aliphatic carbocycles. The van der Waals surface area contributed by atoms with Gasteiger partial charge >= 0.3 is 0 Å². The maximum absolute atomic E-state index is 7.50. The standard InChI is InChI=1S/C40H34O2/c1-24-20-25-16-17-26-22-29(41-2)23-34-36(26)38-35(25)33(21-24)30-14-9-15-31(30)37(38)32-18-19-40(42-39(32)34,27-10-5-3-6-11-27)28-12-7-4-8-13-28/h3-8,10-13,18-23,30-31H,9,14-17H2,1-2H3/t30?,31-/m1/s1. The number of ether oxygens (including phenoxy) is 2. The van der Waals surface area contributed by atoms with Crippen LogP contribution in [0.3, 0.4) is 0 Å². The van der Waals surface area contributed by atoms with E-state index in [2.05, 4.69) is 104 Å². The Morgan fingerprint density at radius 1 is 0.786 bits per heavy atom. The van der Waals surface area contributed by atoms with E-state index in [1.54, 1.807) is 12.7 Å². The van der Waals surface area contributed by atoms with Crippen molar-refractivity contribution in [3.63, 3.8) is 0 Å². The first kappa shape index (κ1) is 24.3. The van der Waals surface area contributed by atoms with Crippen molar-refractivity contribution in [2.75, 3.05) is 7.11 Å². The second-order valence-electron chi connectivity index (χ2n) is 12.7. The van der Waals surface area contributed by atoms with Gasteiger partial charge in [0, 0.05) is 22.1 Å². The van der Waals surface area contributed by atoms with Crippen LogP contribution in [-0.2, 0) is 18.4 Å². The Morgan fingerprint density at radius 2 is 1.50 bits per heavy atom. The summed E-state index contributed by atoms with van der Waals surface area (Å²) in [6.45, 7) is 2.28. The molecule has 5 aromatic carbocycles. The zero-order valence-corrected chi connectivity index (χ0v) is 24.2. The van der Waals surface area contributed by atoms with Crippen LogP contribution in [0.25, 0.3) is 28.0 Å². The van der Waals surface area contributed by atoms with Gasteiger partial charge in [-0.1, -0.05) is 90.9 Å². The number of methoxy groups -OCH3 is 1. The number of hydrogen-bond acceptors (Lipinski definition) is 2. The number of aryl methyl sites for hydroxylation is 3. The van der Waals surface area contributed by atoms with Crippen molar-refractivity contribution in [3.8, 4) is 22.6 Å². The average Bonchev–Trinajstić information content (AvgIpc) is 3.48. The highest BCUT2D eigenvalue weighted by molar-refractivity contribution is 6.10. The number of hydrogen-bond donors (Lipinski definition) is 0. The second-order valence-corrected chi connectivity index (χ2v) is 12.7. The molecule has 1 saturated carbocycles. The van der Waals surface area contributed by atoms with E-state index in [0.29, 0.717) is 11.8 Å². The summed E-state index contributed by atoms with van der Waals surface area (Å²) in [5, 5.41) is 2.55. The predicted molar refractivity (Wildman–Crippen MR) is 171 cm³/mol. The maximum atomic E-state index is 7.50. The molecule has 0 radical (unpaired) electrons. The maximum Gasteiger partial charge on any atom is 0.178 e. The van der Waals surface area contributed by atoms with Crippen LogP contribution in [0.2, 0.25) is 0 Å². The molecular weight excluding hydrogens is 512 g/mol. The molecule has 2 heteroatoms. The molecule has 42 heavy (non-hydrogen) atoms. The van der Waals surface area contributed by atoms with Crippen molar-refractivity contribution < 1.29 is 9.47 Å². The van der Waals surface area contributed by atoms with Gasteiger partial charge in [0.05, 0.1) is 7.11 Å². The molecule has 0 spiro atoms. The lowest BCUT2D eigenvalue weighted by Crippen LogP contribution is -2.35. The molecule has 4 aliphatic rings. The van der Waals surface area contributed by atoms with Crippen molar-refractivity contribution in [2.45, 2.75) is 56.5 Å². The minimum Gasteiger partial charge on any atom is -0.497 e. The molecule has 0 bridgehead atoms. The largest absolute Gasteiger partial charge is 0.497 e. The summed E-state index contributed by atoms with van der Waals surface area (Å²) in [5.41, 5.74) is 13.2. The summed E-state index contributed by atoms with van der Waals surface area (Å²) in [6.07, 6.45) is 10.6. The van der Waals surface area contributed by atoms with Gasteiger partial charge in [-0.3, -0.25) is 0 Å². The molecule has 9 rings (SSSR count). The summed E-state index contributed by atoms with van der Waals surface area (Å²) in [5.74, 6) is 3.00. The lowest BCUT2D eigenvalue weighted by molar-refractivity contribution is 0.163. The van der Waals surface area contributed by atoms with Crippen LogP contribution in [0.15, 0.2) is 91.0 Å². The Balaban J connectivity index is 1.42. The summed E-state index contributed by atoms with van der Waals surface area (Å²) < 4.78 is 13.4. The highest BCUT2D eigenvalue weighted by Crippen LogP contribution is 2.62. The average molecular weight is 547 g/mol. The Kier molecular flexibility index (Phi) is 5.12. The summed E-state index contributed by atoms with van der Waals surface area (Å²) in [7, 11) is 1.79. The zero-order valence-electron chi connectivity index (χ0n) is 24.2. The quantitative estimate of drug-likeness (QED) is 0.224. The fraction of sp³-hybridized carbons (Fsp3) is 0.250. The lowest BCUT2D eigenvalue weighted by Gasteiger charge is -2.40. The first-order valence-corrected chi connectivity index (χ1v) is 15.5. The molecule has 1 aliphatic heterocycles. The molecule has 2 nitrogen and oxygen atoms in total. The number of rotatable bonds is 3. The molecule has 1 fully saturated rings. The van der Waals surface area contributed by atoms with E-state index in [1.807, 2.05) is 0 Å². The van der Waals surface area contributed by atoms with Gasteiger partial charge in [-0.2, -0.15) is 0 Å². The molecule has 1 heterocycles. The molecule has 2 atom stereocenters. The van der Waals surface area contributed by atoms with Gasteiger partial charge in [-0.15, -0.1) is 0 Å². The van der Waals surface area contributed by atoms with Crippen LogP contribution in [0, 0.1) is 6.92 Å². The van der Waals surface area contributed by atoms with Gasteiger partial charge in [0.25, 0.3) is 0 Å². The van der Waals surface area contributed by atoms with Gasteiger partial charge in [-0.05, 0) is 101 Å².